The van der Waals surface area contributed by atoms with Gasteiger partial charge in [0.1, 0.15) is 0 Å². The number of nitrogens with zero attached hydrogens (tertiary/aromatic N) is 1. The van der Waals surface area contributed by atoms with E-state index >= 15 is 0 Å². The van der Waals surface area contributed by atoms with E-state index in [1.54, 1.807) is 29.2 Å². The van der Waals surface area contributed by atoms with Crippen LogP contribution in [0.4, 0.5) is 5.69 Å². The van der Waals surface area contributed by atoms with Gasteiger partial charge in [-0.3, -0.25) is 14.4 Å². The lowest BCUT2D eigenvalue weighted by Crippen LogP contribution is -2.42. The average Bonchev–Trinajstić information content (AvgIpc) is 2.60. The molecule has 1 heterocycles. The Morgan fingerprint density at radius 1 is 1.25 bits per heavy atom. The summed E-state index contributed by atoms with van der Waals surface area (Å²) in [5.41, 5.74) is 1.17. The number of benzene rings is 1. The van der Waals surface area contributed by atoms with E-state index in [2.05, 4.69) is 5.32 Å². The summed E-state index contributed by atoms with van der Waals surface area (Å²) in [4.78, 5) is 36.9. The lowest BCUT2D eigenvalue weighted by atomic mass is 9.97. The molecule has 130 valence electrons. The highest BCUT2D eigenvalue weighted by atomic mass is 16.4. The fraction of sp³-hybridized carbons (Fsp3) is 0.500. The van der Waals surface area contributed by atoms with E-state index in [1.165, 1.54) is 0 Å². The van der Waals surface area contributed by atoms with Gasteiger partial charge in [-0.25, -0.2) is 0 Å². The second kappa shape index (κ2) is 8.47. The van der Waals surface area contributed by atoms with Crippen LogP contribution < -0.4 is 5.32 Å². The van der Waals surface area contributed by atoms with E-state index in [9.17, 15) is 14.4 Å². The van der Waals surface area contributed by atoms with Crippen LogP contribution in [0.1, 0.15) is 49.4 Å². The Hall–Kier alpha value is -2.37. The van der Waals surface area contributed by atoms with E-state index in [4.69, 9.17) is 5.11 Å². The van der Waals surface area contributed by atoms with Gasteiger partial charge in [0.05, 0.1) is 5.92 Å². The average molecular weight is 332 g/mol. The van der Waals surface area contributed by atoms with E-state index in [0.29, 0.717) is 37.1 Å². The van der Waals surface area contributed by atoms with Gasteiger partial charge in [-0.2, -0.15) is 0 Å². The predicted octanol–water partition coefficient (Wildman–Crippen LogP) is 2.75. The van der Waals surface area contributed by atoms with E-state index in [0.717, 1.165) is 12.8 Å². The molecule has 0 radical (unpaired) electrons. The van der Waals surface area contributed by atoms with Gasteiger partial charge >= 0.3 is 5.97 Å². The van der Waals surface area contributed by atoms with Gasteiger partial charge in [0.25, 0.3) is 5.91 Å². The molecule has 6 heteroatoms. The zero-order valence-electron chi connectivity index (χ0n) is 14.0. The number of hydrogen-bond donors (Lipinski definition) is 2. The molecule has 1 unspecified atom stereocenters. The predicted molar refractivity (Wildman–Crippen MR) is 90.9 cm³/mol. The number of hydrogen-bond acceptors (Lipinski definition) is 3. The molecular formula is C18H24N2O4. The number of unbranched alkanes of at least 4 members (excludes halogenated alkanes) is 1. The smallest absolute Gasteiger partial charge is 0.308 e. The first-order valence-corrected chi connectivity index (χ1v) is 8.43. The van der Waals surface area contributed by atoms with Crippen LogP contribution in [0.5, 0.6) is 0 Å². The number of amides is 2. The van der Waals surface area contributed by atoms with Gasteiger partial charge in [-0.15, -0.1) is 0 Å². The van der Waals surface area contributed by atoms with E-state index in [-0.39, 0.29) is 18.4 Å². The fourth-order valence-corrected chi connectivity index (χ4v) is 2.80. The van der Waals surface area contributed by atoms with Crippen LogP contribution in [0.25, 0.3) is 0 Å². The van der Waals surface area contributed by atoms with Crippen LogP contribution in [0.15, 0.2) is 24.3 Å². The van der Waals surface area contributed by atoms with Crippen LogP contribution in [-0.2, 0) is 9.59 Å². The van der Waals surface area contributed by atoms with Gasteiger partial charge in [0, 0.05) is 30.8 Å². The van der Waals surface area contributed by atoms with Gasteiger partial charge in [0.15, 0.2) is 0 Å². The highest BCUT2D eigenvalue weighted by Gasteiger charge is 2.28. The molecule has 0 spiro atoms. The summed E-state index contributed by atoms with van der Waals surface area (Å²) < 4.78 is 0. The maximum atomic E-state index is 12.5. The third-order valence-corrected chi connectivity index (χ3v) is 4.23. The van der Waals surface area contributed by atoms with Crippen LogP contribution in [0.3, 0.4) is 0 Å². The topological polar surface area (TPSA) is 86.7 Å². The summed E-state index contributed by atoms with van der Waals surface area (Å²) in [5.74, 6) is -1.53. The van der Waals surface area contributed by atoms with Crippen molar-refractivity contribution in [3.63, 3.8) is 0 Å². The number of carbonyl (C=O) groups is 3. The van der Waals surface area contributed by atoms with Crippen molar-refractivity contribution in [3.8, 4) is 0 Å². The minimum atomic E-state index is -0.849. The molecule has 24 heavy (non-hydrogen) atoms. The molecule has 1 aromatic carbocycles. The van der Waals surface area contributed by atoms with Gasteiger partial charge in [-0.1, -0.05) is 13.3 Å². The molecule has 1 aromatic rings. The molecule has 1 aliphatic rings. The molecule has 2 amide bonds. The van der Waals surface area contributed by atoms with Crippen molar-refractivity contribution in [1.82, 2.24) is 4.90 Å². The number of carbonyl (C=O) groups excluding carboxylic acids is 2. The summed E-state index contributed by atoms with van der Waals surface area (Å²) in [5, 5.41) is 11.9. The van der Waals surface area contributed by atoms with Crippen molar-refractivity contribution >= 4 is 23.5 Å². The number of carboxylic acids is 1. The second-order valence-corrected chi connectivity index (χ2v) is 6.16. The van der Waals surface area contributed by atoms with Gasteiger partial charge < -0.3 is 15.3 Å². The molecule has 2 rings (SSSR count). The Balaban J connectivity index is 1.95. The zero-order valence-corrected chi connectivity index (χ0v) is 14.0. The first-order valence-electron chi connectivity index (χ1n) is 8.43. The Morgan fingerprint density at radius 3 is 2.58 bits per heavy atom. The van der Waals surface area contributed by atoms with Crippen LogP contribution in [-0.4, -0.2) is 40.9 Å². The minimum absolute atomic E-state index is 0.0312. The number of piperidine rings is 1. The molecular weight excluding hydrogens is 308 g/mol. The molecule has 0 bridgehead atoms. The third kappa shape index (κ3) is 4.81. The van der Waals surface area contributed by atoms with Crippen molar-refractivity contribution in [2.75, 3.05) is 18.4 Å². The second-order valence-electron chi connectivity index (χ2n) is 6.16. The highest BCUT2D eigenvalue weighted by Crippen LogP contribution is 2.20. The minimum Gasteiger partial charge on any atom is -0.481 e. The molecule has 6 nitrogen and oxygen atoms in total. The lowest BCUT2D eigenvalue weighted by Gasteiger charge is -2.30. The van der Waals surface area contributed by atoms with Crippen molar-refractivity contribution in [2.24, 2.45) is 5.92 Å². The lowest BCUT2D eigenvalue weighted by molar-refractivity contribution is -0.143. The maximum Gasteiger partial charge on any atom is 0.308 e. The maximum absolute atomic E-state index is 12.5. The monoisotopic (exact) mass is 332 g/mol. The summed E-state index contributed by atoms with van der Waals surface area (Å²) in [6.07, 6.45) is 3.62. The molecule has 0 aromatic heterocycles. The van der Waals surface area contributed by atoms with Crippen LogP contribution in [0.2, 0.25) is 0 Å². The number of aliphatic carboxylic acids is 1. The Labute approximate surface area is 141 Å². The fourth-order valence-electron chi connectivity index (χ4n) is 2.80. The molecule has 1 aliphatic heterocycles. The van der Waals surface area contributed by atoms with Crippen molar-refractivity contribution in [1.29, 1.82) is 0 Å². The number of likely N-dealkylation sites (tertiary alicyclic amines) is 1. The quantitative estimate of drug-likeness (QED) is 0.838. The Morgan fingerprint density at radius 2 is 1.96 bits per heavy atom. The van der Waals surface area contributed by atoms with Crippen LogP contribution in [0, 0.1) is 5.92 Å². The molecule has 1 atom stereocenters. The first-order chi connectivity index (χ1) is 11.5. The van der Waals surface area contributed by atoms with E-state index < -0.39 is 11.9 Å². The normalized spacial score (nSPS) is 17.4. The van der Waals surface area contributed by atoms with Crippen molar-refractivity contribution in [3.05, 3.63) is 29.8 Å². The Bertz CT molecular complexity index is 598. The van der Waals surface area contributed by atoms with Gasteiger partial charge in [0.2, 0.25) is 5.91 Å². The highest BCUT2D eigenvalue weighted by molar-refractivity contribution is 5.96. The number of rotatable bonds is 6. The molecule has 2 N–H and O–H groups in total. The first kappa shape index (κ1) is 18.0. The SMILES string of the molecule is CCCCC(=O)Nc1ccc(C(=O)N2CCCC(C(=O)O)C2)cc1. The summed E-state index contributed by atoms with van der Waals surface area (Å²) in [6, 6.07) is 6.75. The van der Waals surface area contributed by atoms with Crippen molar-refractivity contribution in [2.45, 2.75) is 39.0 Å². The number of carboxylic acid groups (broad SMARTS) is 1. The summed E-state index contributed by atoms with van der Waals surface area (Å²) in [6.45, 7) is 2.87. The van der Waals surface area contributed by atoms with Crippen LogP contribution >= 0.6 is 0 Å². The number of anilines is 1. The van der Waals surface area contributed by atoms with E-state index in [1.807, 2.05) is 6.92 Å². The van der Waals surface area contributed by atoms with Gasteiger partial charge in [-0.05, 0) is 43.5 Å². The largest absolute Gasteiger partial charge is 0.481 e. The zero-order chi connectivity index (χ0) is 17.5. The van der Waals surface area contributed by atoms with Crippen molar-refractivity contribution < 1.29 is 19.5 Å². The molecule has 0 aliphatic carbocycles. The summed E-state index contributed by atoms with van der Waals surface area (Å²) in [7, 11) is 0. The third-order valence-electron chi connectivity index (χ3n) is 4.23. The Kier molecular flexibility index (Phi) is 6.35. The molecule has 0 saturated carbocycles. The molecule has 1 fully saturated rings. The number of nitrogens with one attached hydrogen (secondary N) is 1. The standard InChI is InChI=1S/C18H24N2O4/c1-2-3-6-16(21)19-15-9-7-13(8-10-15)17(22)20-11-4-5-14(12-20)18(23)24/h7-10,14H,2-6,11-12H2,1H3,(H,19,21)(H,23,24). The molecule has 1 saturated heterocycles. The summed E-state index contributed by atoms with van der Waals surface area (Å²) >= 11 is 0.